The Bertz CT molecular complexity index is 902. The first-order valence-corrected chi connectivity index (χ1v) is 10.6. The Balaban J connectivity index is 2.48. The van der Waals surface area contributed by atoms with E-state index in [0.717, 1.165) is 20.3 Å². The van der Waals surface area contributed by atoms with Gasteiger partial charge in [0.25, 0.3) is 0 Å². The molecule has 0 N–H and O–H groups in total. The van der Waals surface area contributed by atoms with Crippen molar-refractivity contribution in [2.45, 2.75) is 39.2 Å². The molecule has 0 fully saturated rings. The third kappa shape index (κ3) is 6.17. The molecule has 0 radical (unpaired) electrons. The Labute approximate surface area is 191 Å². The molecule has 0 saturated carbocycles. The summed E-state index contributed by atoms with van der Waals surface area (Å²) in [5.74, 6) is 2.21. The lowest BCUT2D eigenvalue weighted by atomic mass is 9.96. The first-order valence-electron chi connectivity index (χ1n) is 9.47. The van der Waals surface area contributed by atoms with Crippen molar-refractivity contribution < 1.29 is 28.5 Å². The molecule has 7 heteroatoms. The minimum Gasteiger partial charge on any atom is -0.493 e. The molecule has 0 amide bonds. The minimum atomic E-state index is -0.549. The summed E-state index contributed by atoms with van der Waals surface area (Å²) in [5, 5.41) is 0. The molecule has 0 saturated heterocycles. The van der Waals surface area contributed by atoms with Gasteiger partial charge in [0.2, 0.25) is 0 Å². The van der Waals surface area contributed by atoms with Gasteiger partial charge < -0.3 is 23.7 Å². The van der Waals surface area contributed by atoms with Crippen LogP contribution in [-0.4, -0.2) is 40.0 Å². The molecule has 0 aliphatic carbocycles. The van der Waals surface area contributed by atoms with Crippen molar-refractivity contribution in [3.63, 3.8) is 0 Å². The summed E-state index contributed by atoms with van der Waals surface area (Å²) in [6, 6.07) is 7.63. The van der Waals surface area contributed by atoms with Crippen LogP contribution < -0.4 is 18.9 Å². The smallest absolute Gasteiger partial charge is 0.310 e. The molecule has 164 valence electrons. The summed E-state index contributed by atoms with van der Waals surface area (Å²) in [7, 11) is 6.39. The summed E-state index contributed by atoms with van der Waals surface area (Å²) in [5.41, 5.74) is 2.27. The van der Waals surface area contributed by atoms with Crippen LogP contribution in [-0.2, 0) is 22.4 Å². The van der Waals surface area contributed by atoms with E-state index in [4.69, 9.17) is 23.7 Å². The van der Waals surface area contributed by atoms with E-state index in [0.29, 0.717) is 29.4 Å². The van der Waals surface area contributed by atoms with E-state index >= 15 is 0 Å². The molecule has 0 heterocycles. The van der Waals surface area contributed by atoms with E-state index in [-0.39, 0.29) is 12.4 Å². The normalized spacial score (nSPS) is 11.1. The van der Waals surface area contributed by atoms with Gasteiger partial charge in [-0.25, -0.2) is 0 Å². The summed E-state index contributed by atoms with van der Waals surface area (Å²) in [6.07, 6.45) is 0.716. The quantitative estimate of drug-likeness (QED) is 0.364. The number of carbonyl (C=O) groups is 1. The topological polar surface area (TPSA) is 63.2 Å². The summed E-state index contributed by atoms with van der Waals surface area (Å²) >= 11 is 2.27. The van der Waals surface area contributed by atoms with Gasteiger partial charge in [-0.2, -0.15) is 0 Å². The third-order valence-corrected chi connectivity index (χ3v) is 5.40. The fraction of sp³-hybridized carbons (Fsp3) is 0.435. The lowest BCUT2D eigenvalue weighted by Crippen LogP contribution is -2.25. The Morgan fingerprint density at radius 3 is 1.67 bits per heavy atom. The molecule has 0 bridgehead atoms. The molecule has 0 unspecified atom stereocenters. The Hall–Kier alpha value is -2.16. The highest BCUT2D eigenvalue weighted by atomic mass is 125. The van der Waals surface area contributed by atoms with Crippen LogP contribution in [0.25, 0.3) is 0 Å². The molecule has 2 rings (SSSR count). The molecule has 6 nitrogen and oxygen atoms in total. The van der Waals surface area contributed by atoms with E-state index in [2.05, 4.69) is 22.6 Å². The second-order valence-electron chi connectivity index (χ2n) is 7.71. The lowest BCUT2D eigenvalue weighted by Gasteiger charge is -2.21. The number of rotatable bonds is 8. The standard InChI is InChI=1S/C23H29IO6/c1-23(2,3)30-22(25)12-15-10-19(27-5)18(26-4)9-14(15)8-16-11-20(28-6)21(29-7)13-17(16)24/h9-11,13H,8,12H2,1-7H3/i24-2. The van der Waals surface area contributed by atoms with Crippen LogP contribution in [0.15, 0.2) is 24.3 Å². The maximum atomic E-state index is 12.5. The van der Waals surface area contributed by atoms with Gasteiger partial charge in [0.05, 0.1) is 34.9 Å². The van der Waals surface area contributed by atoms with Crippen molar-refractivity contribution in [3.8, 4) is 23.0 Å². The Morgan fingerprint density at radius 2 is 1.20 bits per heavy atom. The van der Waals surface area contributed by atoms with Crippen LogP contribution in [0.2, 0.25) is 0 Å². The van der Waals surface area contributed by atoms with E-state index < -0.39 is 5.60 Å². The molecule has 0 spiro atoms. The summed E-state index contributed by atoms with van der Waals surface area (Å²) in [4.78, 5) is 12.5. The monoisotopic (exact) mass is 526 g/mol. The Morgan fingerprint density at radius 1 is 0.767 bits per heavy atom. The average molecular weight is 526 g/mol. The highest BCUT2D eigenvalue weighted by Gasteiger charge is 2.20. The van der Waals surface area contributed by atoms with Crippen LogP contribution in [0.3, 0.4) is 0 Å². The van der Waals surface area contributed by atoms with Gasteiger partial charge in [0.1, 0.15) is 5.60 Å². The van der Waals surface area contributed by atoms with Gasteiger partial charge >= 0.3 is 5.97 Å². The number of ether oxygens (including phenoxy) is 5. The average Bonchev–Trinajstić information content (AvgIpc) is 2.68. The van der Waals surface area contributed by atoms with Crippen LogP contribution in [0.1, 0.15) is 37.5 Å². The number of hydrogen-bond acceptors (Lipinski definition) is 6. The van der Waals surface area contributed by atoms with Gasteiger partial charge in [0.15, 0.2) is 23.0 Å². The molecule has 0 aliphatic heterocycles. The van der Waals surface area contributed by atoms with Gasteiger partial charge in [0, 0.05) is 3.57 Å². The van der Waals surface area contributed by atoms with Crippen molar-refractivity contribution in [3.05, 3.63) is 44.5 Å². The minimum absolute atomic E-state index is 0.136. The van der Waals surface area contributed by atoms with Crippen molar-refractivity contribution in [2.24, 2.45) is 0 Å². The molecule has 0 aromatic heterocycles. The van der Waals surface area contributed by atoms with Crippen molar-refractivity contribution in [2.75, 3.05) is 28.4 Å². The van der Waals surface area contributed by atoms with Crippen molar-refractivity contribution >= 4 is 28.6 Å². The maximum absolute atomic E-state index is 12.5. The third-order valence-electron chi connectivity index (χ3n) is 4.39. The van der Waals surface area contributed by atoms with Crippen molar-refractivity contribution in [1.29, 1.82) is 0 Å². The summed E-state index contributed by atoms with van der Waals surface area (Å²) < 4.78 is 28.3. The number of halogens is 1. The zero-order chi connectivity index (χ0) is 22.5. The summed E-state index contributed by atoms with van der Waals surface area (Å²) in [6.45, 7) is 5.56. The van der Waals surface area contributed by atoms with Crippen LogP contribution in [0.4, 0.5) is 0 Å². The first kappa shape index (κ1) is 24.1. The zero-order valence-electron chi connectivity index (χ0n) is 18.6. The van der Waals surface area contributed by atoms with Gasteiger partial charge in [-0.05, 0) is 90.7 Å². The van der Waals surface area contributed by atoms with E-state index in [9.17, 15) is 4.79 Å². The highest BCUT2D eigenvalue weighted by Crippen LogP contribution is 2.36. The largest absolute Gasteiger partial charge is 0.493 e. The molecule has 0 atom stereocenters. The lowest BCUT2D eigenvalue weighted by molar-refractivity contribution is -0.153. The molecule has 30 heavy (non-hydrogen) atoms. The first-order chi connectivity index (χ1) is 14.1. The second-order valence-corrected chi connectivity index (χ2v) is 8.88. The number of benzene rings is 2. The molecule has 2 aromatic carbocycles. The molecular weight excluding hydrogens is 497 g/mol. The molecular formula is C23H29IO6. The molecule has 0 aliphatic rings. The highest BCUT2D eigenvalue weighted by molar-refractivity contribution is 14.1. The van der Waals surface area contributed by atoms with E-state index in [1.807, 2.05) is 45.0 Å². The number of hydrogen-bond donors (Lipinski definition) is 0. The van der Waals surface area contributed by atoms with Crippen molar-refractivity contribution in [1.82, 2.24) is 0 Å². The fourth-order valence-corrected chi connectivity index (χ4v) is 3.69. The van der Waals surface area contributed by atoms with Gasteiger partial charge in [-0.1, -0.05) is 0 Å². The molecule has 2 aromatic rings. The number of carbonyl (C=O) groups excluding carboxylic acids is 1. The SMILES string of the molecule is COc1cc([125I])c(Cc2cc(OC)c(OC)cc2CC(=O)OC(C)(C)C)cc1OC. The maximum Gasteiger partial charge on any atom is 0.310 e. The van der Waals surface area contributed by atoms with Gasteiger partial charge in [-0.15, -0.1) is 0 Å². The zero-order valence-corrected chi connectivity index (χ0v) is 20.7. The van der Waals surface area contributed by atoms with Crippen LogP contribution >= 0.6 is 22.6 Å². The van der Waals surface area contributed by atoms with Crippen LogP contribution in [0, 0.1) is 3.57 Å². The number of methoxy groups -OCH3 is 4. The van der Waals surface area contributed by atoms with E-state index in [1.165, 1.54) is 0 Å². The van der Waals surface area contributed by atoms with Crippen LogP contribution in [0.5, 0.6) is 23.0 Å². The van der Waals surface area contributed by atoms with E-state index in [1.54, 1.807) is 28.4 Å². The Kier molecular flexibility index (Phi) is 8.23. The fourth-order valence-electron chi connectivity index (χ4n) is 3.06. The number of esters is 1. The van der Waals surface area contributed by atoms with Gasteiger partial charge in [-0.3, -0.25) is 4.79 Å². The predicted molar refractivity (Wildman–Crippen MR) is 124 cm³/mol. The predicted octanol–water partition coefficient (Wildman–Crippen LogP) is 4.80. The second kappa shape index (κ2) is 10.2.